The monoisotopic (exact) mass is 398 g/mol. The zero-order valence-electron chi connectivity index (χ0n) is 16.1. The number of carbonyl (C=O) groups is 1. The largest absolute Gasteiger partial charge is 0.350 e. The van der Waals surface area contributed by atoms with Crippen LogP contribution in [0, 0.1) is 6.92 Å². The number of nitrogens with zero attached hydrogens (tertiary/aromatic N) is 3. The Balaban J connectivity index is 1.61. The molecule has 0 spiro atoms. The number of pyridine rings is 1. The van der Waals surface area contributed by atoms with Crippen LogP contribution in [0.2, 0.25) is 0 Å². The minimum absolute atomic E-state index is 0.180. The maximum atomic E-state index is 12.4. The lowest BCUT2D eigenvalue weighted by Crippen LogP contribution is -2.37. The molecule has 0 atom stereocenters. The average molecular weight is 398 g/mol. The summed E-state index contributed by atoms with van der Waals surface area (Å²) in [7, 11) is 2.94. The van der Waals surface area contributed by atoms with Crippen LogP contribution in [0.15, 0.2) is 46.0 Å². The van der Waals surface area contributed by atoms with E-state index in [2.05, 4.69) is 41.5 Å². The highest BCUT2D eigenvalue weighted by Gasteiger charge is 2.13. The van der Waals surface area contributed by atoms with Gasteiger partial charge in [0.25, 0.3) is 11.5 Å². The van der Waals surface area contributed by atoms with Crippen molar-refractivity contribution in [1.82, 2.24) is 19.4 Å². The Bertz CT molecular complexity index is 1130. The molecule has 1 aromatic carbocycles. The van der Waals surface area contributed by atoms with E-state index in [9.17, 15) is 14.4 Å². The zero-order chi connectivity index (χ0) is 20.3. The minimum Gasteiger partial charge on any atom is -0.350 e. The summed E-state index contributed by atoms with van der Waals surface area (Å²) in [6.45, 7) is 2.56. The topological polar surface area (TPSA) is 86.0 Å². The standard InChI is InChI=1S/C20H22N4O3S/c1-13-4-6-14(7-5-13)12-28-11-10-21-18(25)16-9-8-15-17(22-16)23(2)20(27)24(3)19(15)26/h4-9H,10-12H2,1-3H3,(H,21,25). The molecule has 0 saturated heterocycles. The van der Waals surface area contributed by atoms with Crippen molar-refractivity contribution in [2.75, 3.05) is 12.3 Å². The number of carbonyl (C=O) groups excluding carboxylic acids is 1. The molecule has 0 aliphatic carbocycles. The Morgan fingerprint density at radius 3 is 2.50 bits per heavy atom. The van der Waals surface area contributed by atoms with Gasteiger partial charge in [0.15, 0.2) is 0 Å². The van der Waals surface area contributed by atoms with Gasteiger partial charge in [-0.2, -0.15) is 11.8 Å². The molecule has 3 aromatic rings. The summed E-state index contributed by atoms with van der Waals surface area (Å²) in [4.78, 5) is 40.8. The molecule has 1 amide bonds. The SMILES string of the molecule is Cc1ccc(CSCCNC(=O)c2ccc3c(=O)n(C)c(=O)n(C)c3n2)cc1. The predicted molar refractivity (Wildman–Crippen MR) is 112 cm³/mol. The van der Waals surface area contributed by atoms with Gasteiger partial charge in [-0.05, 0) is 24.6 Å². The number of rotatable bonds is 6. The third kappa shape index (κ3) is 4.17. The van der Waals surface area contributed by atoms with E-state index in [0.29, 0.717) is 11.9 Å². The van der Waals surface area contributed by atoms with Crippen molar-refractivity contribution in [1.29, 1.82) is 0 Å². The van der Waals surface area contributed by atoms with E-state index >= 15 is 0 Å². The lowest BCUT2D eigenvalue weighted by molar-refractivity contribution is 0.0951. The van der Waals surface area contributed by atoms with Crippen molar-refractivity contribution in [3.05, 3.63) is 74.1 Å². The van der Waals surface area contributed by atoms with Gasteiger partial charge in [-0.25, -0.2) is 9.78 Å². The molecule has 0 bridgehead atoms. The summed E-state index contributed by atoms with van der Waals surface area (Å²) in [6, 6.07) is 11.4. The molecule has 0 aliphatic heterocycles. The smallest absolute Gasteiger partial charge is 0.332 e. The van der Waals surface area contributed by atoms with Crippen LogP contribution >= 0.6 is 11.8 Å². The highest BCUT2D eigenvalue weighted by atomic mass is 32.2. The van der Waals surface area contributed by atoms with Gasteiger partial charge in [0, 0.05) is 32.1 Å². The number of aromatic nitrogens is 3. The van der Waals surface area contributed by atoms with Crippen LogP contribution in [0.25, 0.3) is 11.0 Å². The molecule has 1 N–H and O–H groups in total. The molecule has 0 unspecified atom stereocenters. The van der Waals surface area contributed by atoms with E-state index in [4.69, 9.17) is 0 Å². The second kappa shape index (κ2) is 8.43. The average Bonchev–Trinajstić information content (AvgIpc) is 2.71. The van der Waals surface area contributed by atoms with E-state index in [1.54, 1.807) is 11.8 Å². The summed E-state index contributed by atoms with van der Waals surface area (Å²) >= 11 is 1.74. The highest BCUT2D eigenvalue weighted by Crippen LogP contribution is 2.12. The van der Waals surface area contributed by atoms with Crippen LogP contribution in [0.3, 0.4) is 0 Å². The molecular formula is C20H22N4O3S. The summed E-state index contributed by atoms with van der Waals surface area (Å²) < 4.78 is 2.29. The predicted octanol–water partition coefficient (Wildman–Crippen LogP) is 1.60. The zero-order valence-corrected chi connectivity index (χ0v) is 16.9. The minimum atomic E-state index is -0.477. The van der Waals surface area contributed by atoms with Gasteiger partial charge in [0.1, 0.15) is 11.3 Å². The maximum Gasteiger partial charge on any atom is 0.332 e. The quantitative estimate of drug-likeness (QED) is 0.638. The first-order valence-corrected chi connectivity index (χ1v) is 10.0. The fraction of sp³-hybridized carbons (Fsp3) is 0.300. The van der Waals surface area contributed by atoms with Crippen molar-refractivity contribution in [2.24, 2.45) is 14.1 Å². The molecule has 3 rings (SSSR count). The number of benzene rings is 1. The Morgan fingerprint density at radius 1 is 1.07 bits per heavy atom. The third-order valence-electron chi connectivity index (χ3n) is 4.46. The Morgan fingerprint density at radius 2 is 1.79 bits per heavy atom. The molecule has 7 nitrogen and oxygen atoms in total. The van der Waals surface area contributed by atoms with Crippen molar-refractivity contribution < 1.29 is 4.79 Å². The first-order chi connectivity index (χ1) is 13.4. The molecule has 0 radical (unpaired) electrons. The molecule has 2 heterocycles. The van der Waals surface area contributed by atoms with Gasteiger partial charge in [-0.1, -0.05) is 29.8 Å². The molecule has 0 aliphatic rings. The van der Waals surface area contributed by atoms with Crippen LogP contribution in [-0.2, 0) is 19.8 Å². The van der Waals surface area contributed by atoms with Gasteiger partial charge >= 0.3 is 5.69 Å². The number of amides is 1. The second-order valence-corrected chi connectivity index (χ2v) is 7.67. The number of hydrogen-bond acceptors (Lipinski definition) is 5. The number of nitrogens with one attached hydrogen (secondary N) is 1. The fourth-order valence-corrected chi connectivity index (χ4v) is 3.60. The van der Waals surface area contributed by atoms with Gasteiger partial charge in [-0.15, -0.1) is 0 Å². The number of aryl methyl sites for hydroxylation is 2. The van der Waals surface area contributed by atoms with Gasteiger partial charge in [0.05, 0.1) is 5.39 Å². The van der Waals surface area contributed by atoms with Crippen molar-refractivity contribution in [3.63, 3.8) is 0 Å². The van der Waals surface area contributed by atoms with Crippen LogP contribution in [0.1, 0.15) is 21.6 Å². The van der Waals surface area contributed by atoms with E-state index in [0.717, 1.165) is 16.1 Å². The second-order valence-electron chi connectivity index (χ2n) is 6.57. The molecule has 0 fully saturated rings. The van der Waals surface area contributed by atoms with Gasteiger partial charge < -0.3 is 5.32 Å². The molecule has 8 heteroatoms. The number of thioether (sulfide) groups is 1. The first-order valence-electron chi connectivity index (χ1n) is 8.86. The highest BCUT2D eigenvalue weighted by molar-refractivity contribution is 7.98. The van der Waals surface area contributed by atoms with Crippen molar-refractivity contribution >= 4 is 28.7 Å². The summed E-state index contributed by atoms with van der Waals surface area (Å²) in [5.41, 5.74) is 1.97. The number of fused-ring (bicyclic) bond motifs is 1. The Hall–Kier alpha value is -2.87. The van der Waals surface area contributed by atoms with Gasteiger partial charge in [-0.3, -0.25) is 18.7 Å². The lowest BCUT2D eigenvalue weighted by atomic mass is 10.2. The number of hydrogen-bond donors (Lipinski definition) is 1. The molecular weight excluding hydrogens is 376 g/mol. The Labute approximate surface area is 166 Å². The van der Waals surface area contributed by atoms with Crippen LogP contribution in [-0.4, -0.2) is 32.3 Å². The summed E-state index contributed by atoms with van der Waals surface area (Å²) in [5.74, 6) is 1.33. The third-order valence-corrected chi connectivity index (χ3v) is 5.49. The normalized spacial score (nSPS) is 11.0. The first kappa shape index (κ1) is 19.9. The van der Waals surface area contributed by atoms with E-state index < -0.39 is 11.2 Å². The molecule has 28 heavy (non-hydrogen) atoms. The van der Waals surface area contributed by atoms with Crippen LogP contribution in [0.5, 0.6) is 0 Å². The lowest BCUT2D eigenvalue weighted by Gasteiger charge is -2.09. The Kier molecular flexibility index (Phi) is 5.99. The van der Waals surface area contributed by atoms with E-state index in [-0.39, 0.29) is 17.2 Å². The van der Waals surface area contributed by atoms with E-state index in [1.165, 1.54) is 41.9 Å². The fourth-order valence-electron chi connectivity index (χ4n) is 2.78. The molecule has 146 valence electrons. The molecule has 0 saturated carbocycles. The molecule has 2 aromatic heterocycles. The summed E-state index contributed by atoms with van der Waals surface area (Å²) in [5, 5.41) is 3.13. The van der Waals surface area contributed by atoms with E-state index in [1.807, 2.05) is 0 Å². The summed E-state index contributed by atoms with van der Waals surface area (Å²) in [6.07, 6.45) is 0. The van der Waals surface area contributed by atoms with Crippen LogP contribution < -0.4 is 16.6 Å². The van der Waals surface area contributed by atoms with Gasteiger partial charge in [0.2, 0.25) is 0 Å². The maximum absolute atomic E-state index is 12.4. The van der Waals surface area contributed by atoms with Crippen molar-refractivity contribution in [3.8, 4) is 0 Å². The van der Waals surface area contributed by atoms with Crippen LogP contribution in [0.4, 0.5) is 0 Å². The van der Waals surface area contributed by atoms with Crippen molar-refractivity contribution in [2.45, 2.75) is 12.7 Å².